The average Bonchev–Trinajstić information content (AvgIpc) is 2.72. The van der Waals surface area contributed by atoms with Crippen LogP contribution in [0.3, 0.4) is 0 Å². The van der Waals surface area contributed by atoms with E-state index in [1.807, 2.05) is 18.2 Å². The number of fused-ring (bicyclic) bond motifs is 1. The summed E-state index contributed by atoms with van der Waals surface area (Å²) in [5, 5.41) is 4.97. The summed E-state index contributed by atoms with van der Waals surface area (Å²) < 4.78 is 14.8. The van der Waals surface area contributed by atoms with Crippen LogP contribution in [0.2, 0.25) is 5.02 Å². The van der Waals surface area contributed by atoms with E-state index in [2.05, 4.69) is 5.10 Å². The molecule has 0 aliphatic rings. The quantitative estimate of drug-likeness (QED) is 0.639. The Morgan fingerprint density at radius 3 is 2.82 bits per heavy atom. The Labute approximate surface area is 102 Å². The number of benzene rings is 1. The lowest BCUT2D eigenvalue weighted by Gasteiger charge is -1.95. The smallest absolute Gasteiger partial charge is 0.123 e. The van der Waals surface area contributed by atoms with Crippen LogP contribution in [0.25, 0.3) is 16.8 Å². The summed E-state index contributed by atoms with van der Waals surface area (Å²) in [7, 11) is 0. The van der Waals surface area contributed by atoms with Gasteiger partial charge in [0.25, 0.3) is 0 Å². The van der Waals surface area contributed by atoms with Crippen molar-refractivity contribution in [2.45, 2.75) is 0 Å². The van der Waals surface area contributed by atoms with E-state index in [9.17, 15) is 4.39 Å². The van der Waals surface area contributed by atoms with Gasteiger partial charge in [0.1, 0.15) is 5.82 Å². The zero-order chi connectivity index (χ0) is 11.8. The maximum atomic E-state index is 13.1. The summed E-state index contributed by atoms with van der Waals surface area (Å²) in [6.45, 7) is 0. The number of nitrogens with zero attached hydrogens (tertiary/aromatic N) is 2. The van der Waals surface area contributed by atoms with Crippen LogP contribution in [-0.2, 0) is 0 Å². The summed E-state index contributed by atoms with van der Waals surface area (Å²) in [6.07, 6.45) is 1.72. The second kappa shape index (κ2) is 3.86. The number of hydrogen-bond donors (Lipinski definition) is 0. The van der Waals surface area contributed by atoms with Crippen LogP contribution in [0.15, 0.2) is 48.7 Å². The zero-order valence-electron chi connectivity index (χ0n) is 8.77. The monoisotopic (exact) mass is 246 g/mol. The first-order valence-electron chi connectivity index (χ1n) is 5.13. The second-order valence-electron chi connectivity index (χ2n) is 3.76. The number of aromatic nitrogens is 2. The first-order valence-corrected chi connectivity index (χ1v) is 5.51. The van der Waals surface area contributed by atoms with Crippen LogP contribution in [0.1, 0.15) is 0 Å². The third-order valence-corrected chi connectivity index (χ3v) is 2.77. The largest absolute Gasteiger partial charge is 0.239 e. The number of hydrogen-bond acceptors (Lipinski definition) is 1. The Morgan fingerprint density at radius 1 is 1.12 bits per heavy atom. The lowest BCUT2D eigenvalue weighted by Crippen LogP contribution is -1.86. The molecule has 0 amide bonds. The van der Waals surface area contributed by atoms with Gasteiger partial charge >= 0.3 is 0 Å². The Morgan fingerprint density at radius 2 is 2.00 bits per heavy atom. The highest BCUT2D eigenvalue weighted by Crippen LogP contribution is 2.21. The molecule has 2 nitrogen and oxygen atoms in total. The van der Waals surface area contributed by atoms with E-state index in [1.165, 1.54) is 12.1 Å². The molecule has 2 heterocycles. The maximum absolute atomic E-state index is 13.1. The fourth-order valence-electron chi connectivity index (χ4n) is 1.75. The molecule has 0 spiro atoms. The van der Waals surface area contributed by atoms with Crippen molar-refractivity contribution in [3.63, 3.8) is 0 Å². The summed E-state index contributed by atoms with van der Waals surface area (Å²) in [6, 6.07) is 11.9. The van der Waals surface area contributed by atoms with Crippen molar-refractivity contribution in [2.24, 2.45) is 0 Å². The Balaban J connectivity index is 2.18. The molecule has 0 N–H and O–H groups in total. The minimum atomic E-state index is -0.266. The molecule has 1 aromatic carbocycles. The first kappa shape index (κ1) is 10.3. The van der Waals surface area contributed by atoms with Gasteiger partial charge in [-0.25, -0.2) is 8.91 Å². The Hall–Kier alpha value is -1.87. The number of halogens is 2. The fourth-order valence-corrected chi connectivity index (χ4v) is 1.91. The highest BCUT2D eigenvalue weighted by Gasteiger charge is 2.05. The summed E-state index contributed by atoms with van der Waals surface area (Å²) in [4.78, 5) is 0. The Bertz CT molecular complexity index is 691. The summed E-state index contributed by atoms with van der Waals surface area (Å²) in [5.74, 6) is -0.266. The maximum Gasteiger partial charge on any atom is 0.123 e. The Kier molecular flexibility index (Phi) is 2.34. The molecule has 17 heavy (non-hydrogen) atoms. The van der Waals surface area contributed by atoms with Gasteiger partial charge in [0.15, 0.2) is 0 Å². The molecule has 0 saturated carbocycles. The standard InChI is InChI=1S/C13H8ClFN2/c14-10-4-5-12-7-13(16-17(12)8-10)9-2-1-3-11(15)6-9/h1-8H. The molecule has 0 aliphatic heterocycles. The van der Waals surface area contributed by atoms with Crippen molar-refractivity contribution < 1.29 is 4.39 Å². The normalized spacial score (nSPS) is 10.9. The van der Waals surface area contributed by atoms with E-state index in [-0.39, 0.29) is 5.82 Å². The van der Waals surface area contributed by atoms with Gasteiger partial charge in [0.2, 0.25) is 0 Å². The van der Waals surface area contributed by atoms with Gasteiger partial charge in [-0.3, -0.25) is 0 Å². The van der Waals surface area contributed by atoms with Crippen LogP contribution < -0.4 is 0 Å². The van der Waals surface area contributed by atoms with Crippen molar-refractivity contribution in [3.8, 4) is 11.3 Å². The average molecular weight is 247 g/mol. The van der Waals surface area contributed by atoms with Crippen molar-refractivity contribution >= 4 is 17.1 Å². The SMILES string of the molecule is Fc1cccc(-c2cc3ccc(Cl)cn3n2)c1. The van der Waals surface area contributed by atoms with Crippen LogP contribution in [0, 0.1) is 5.82 Å². The molecule has 3 aromatic rings. The highest BCUT2D eigenvalue weighted by atomic mass is 35.5. The molecule has 0 bridgehead atoms. The number of rotatable bonds is 1. The third-order valence-electron chi connectivity index (χ3n) is 2.54. The van der Waals surface area contributed by atoms with Gasteiger partial charge in [0.05, 0.1) is 16.2 Å². The lowest BCUT2D eigenvalue weighted by atomic mass is 10.1. The second-order valence-corrected chi connectivity index (χ2v) is 4.19. The molecule has 0 fully saturated rings. The van der Waals surface area contributed by atoms with Gasteiger partial charge in [-0.05, 0) is 30.3 Å². The van der Waals surface area contributed by atoms with E-state index >= 15 is 0 Å². The molecule has 4 heteroatoms. The van der Waals surface area contributed by atoms with E-state index in [0.29, 0.717) is 5.02 Å². The lowest BCUT2D eigenvalue weighted by molar-refractivity contribution is 0.628. The highest BCUT2D eigenvalue weighted by molar-refractivity contribution is 6.30. The minimum Gasteiger partial charge on any atom is -0.239 e. The van der Waals surface area contributed by atoms with E-state index in [1.54, 1.807) is 22.8 Å². The van der Waals surface area contributed by atoms with Crippen molar-refractivity contribution in [3.05, 3.63) is 59.5 Å². The predicted molar refractivity (Wildman–Crippen MR) is 65.6 cm³/mol. The van der Waals surface area contributed by atoms with Gasteiger partial charge in [0, 0.05) is 11.8 Å². The molecule has 0 atom stereocenters. The van der Waals surface area contributed by atoms with E-state index < -0.39 is 0 Å². The molecule has 0 radical (unpaired) electrons. The number of pyridine rings is 1. The summed E-state index contributed by atoms with van der Waals surface area (Å²) >= 11 is 5.88. The van der Waals surface area contributed by atoms with E-state index in [4.69, 9.17) is 11.6 Å². The third kappa shape index (κ3) is 1.89. The van der Waals surface area contributed by atoms with Crippen LogP contribution >= 0.6 is 11.6 Å². The van der Waals surface area contributed by atoms with Crippen molar-refractivity contribution in [1.29, 1.82) is 0 Å². The van der Waals surface area contributed by atoms with Gasteiger partial charge < -0.3 is 0 Å². The zero-order valence-corrected chi connectivity index (χ0v) is 9.53. The molecular weight excluding hydrogens is 239 g/mol. The molecule has 0 saturated heterocycles. The molecule has 2 aromatic heterocycles. The van der Waals surface area contributed by atoms with Gasteiger partial charge in [-0.1, -0.05) is 23.7 Å². The minimum absolute atomic E-state index is 0.266. The van der Waals surface area contributed by atoms with Gasteiger partial charge in [-0.2, -0.15) is 5.10 Å². The molecular formula is C13H8ClFN2. The molecule has 3 rings (SSSR count). The van der Waals surface area contributed by atoms with E-state index in [0.717, 1.165) is 16.8 Å². The van der Waals surface area contributed by atoms with Crippen LogP contribution in [0.5, 0.6) is 0 Å². The molecule has 0 unspecified atom stereocenters. The predicted octanol–water partition coefficient (Wildman–Crippen LogP) is 3.79. The summed E-state index contributed by atoms with van der Waals surface area (Å²) in [5.41, 5.74) is 2.41. The van der Waals surface area contributed by atoms with Crippen LogP contribution in [-0.4, -0.2) is 9.61 Å². The van der Waals surface area contributed by atoms with Crippen LogP contribution in [0.4, 0.5) is 4.39 Å². The fraction of sp³-hybridized carbons (Fsp3) is 0. The van der Waals surface area contributed by atoms with Crippen molar-refractivity contribution in [2.75, 3.05) is 0 Å². The molecule has 0 aliphatic carbocycles. The topological polar surface area (TPSA) is 17.3 Å². The first-order chi connectivity index (χ1) is 8.22. The molecule has 84 valence electrons. The van der Waals surface area contributed by atoms with Crippen molar-refractivity contribution in [1.82, 2.24) is 9.61 Å². The van der Waals surface area contributed by atoms with Gasteiger partial charge in [-0.15, -0.1) is 0 Å².